The van der Waals surface area contributed by atoms with Gasteiger partial charge in [0, 0.05) is 52.8 Å². The lowest BCUT2D eigenvalue weighted by atomic mass is 9.94. The van der Waals surface area contributed by atoms with Gasteiger partial charge in [0.1, 0.15) is 36.3 Å². The molecule has 16 nitrogen and oxygen atoms in total. The van der Waals surface area contributed by atoms with Gasteiger partial charge < -0.3 is 47.0 Å². The summed E-state index contributed by atoms with van der Waals surface area (Å²) in [5.41, 5.74) is 3.04. The van der Waals surface area contributed by atoms with Crippen molar-refractivity contribution in [3.8, 4) is 0 Å². The van der Waals surface area contributed by atoms with Gasteiger partial charge in [0.25, 0.3) is 0 Å². The lowest BCUT2D eigenvalue weighted by Gasteiger charge is -2.30. The van der Waals surface area contributed by atoms with Crippen LogP contribution in [-0.2, 0) is 46.4 Å². The molecule has 17 heteroatoms. The first-order valence-electron chi connectivity index (χ1n) is 21.3. The highest BCUT2D eigenvalue weighted by atomic mass is 32.2. The predicted molar refractivity (Wildman–Crippen MR) is 239 cm³/mol. The number of carboxylic acid groups (broad SMARTS) is 1. The average molecular weight is 873 g/mol. The highest BCUT2D eigenvalue weighted by Gasteiger charge is 2.36. The van der Waals surface area contributed by atoms with E-state index in [1.807, 2.05) is 76.2 Å². The Morgan fingerprint density at radius 2 is 1.08 bits per heavy atom. The fourth-order valence-electron chi connectivity index (χ4n) is 7.55. The van der Waals surface area contributed by atoms with Crippen molar-refractivity contribution < 1.29 is 38.7 Å². The van der Waals surface area contributed by atoms with Crippen LogP contribution < -0.4 is 31.9 Å². The molecule has 1 aliphatic rings. The lowest BCUT2D eigenvalue weighted by molar-refractivity contribution is -0.141. The van der Waals surface area contributed by atoms with Gasteiger partial charge in [0.05, 0.1) is 5.75 Å². The number of carbonyl (C=O) groups excluding carboxylic acids is 6. The summed E-state index contributed by atoms with van der Waals surface area (Å²) < 4.78 is 0. The van der Waals surface area contributed by atoms with E-state index in [1.54, 1.807) is 26.2 Å². The molecule has 62 heavy (non-hydrogen) atoms. The number of H-pyrrole nitrogens is 2. The first-order chi connectivity index (χ1) is 29.6. The summed E-state index contributed by atoms with van der Waals surface area (Å²) in [5.74, 6) is -6.53. The van der Waals surface area contributed by atoms with Crippen LogP contribution in [0, 0.1) is 17.8 Å². The second kappa shape index (κ2) is 21.8. The van der Waals surface area contributed by atoms with Crippen molar-refractivity contribution in [2.24, 2.45) is 17.8 Å². The minimum Gasteiger partial charge on any atom is -0.480 e. The maximum atomic E-state index is 14.7. The topological polar surface area (TPSA) is 243 Å². The molecule has 1 aliphatic heterocycles. The maximum Gasteiger partial charge on any atom is 0.327 e. The molecule has 0 aliphatic carbocycles. The third kappa shape index (κ3) is 12.2. The third-order valence-electron chi connectivity index (χ3n) is 11.5. The van der Waals surface area contributed by atoms with Crippen LogP contribution >= 0.6 is 11.8 Å². The van der Waals surface area contributed by atoms with Crippen LogP contribution in [0.5, 0.6) is 0 Å². The van der Waals surface area contributed by atoms with E-state index in [-0.39, 0.29) is 42.6 Å². The molecule has 0 bridgehead atoms. The van der Waals surface area contributed by atoms with Crippen LogP contribution in [0.15, 0.2) is 60.9 Å². The van der Waals surface area contributed by atoms with Gasteiger partial charge >= 0.3 is 5.97 Å². The number of aromatic nitrogens is 2. The number of aromatic amines is 2. The number of amides is 6. The number of carboxylic acids is 1. The zero-order chi connectivity index (χ0) is 45.1. The molecule has 1 saturated heterocycles. The molecular formula is C45H60N8O8S. The number of carbonyl (C=O) groups is 7. The number of thioether (sulfide) groups is 1. The molecule has 5 rings (SSSR count). The second-order valence-electron chi connectivity index (χ2n) is 16.7. The molecule has 0 spiro atoms. The normalized spacial score (nSPS) is 23.9. The number of benzene rings is 2. The zero-order valence-corrected chi connectivity index (χ0v) is 36.9. The molecule has 0 radical (unpaired) electrons. The van der Waals surface area contributed by atoms with Crippen LogP contribution in [-0.4, -0.2) is 104 Å². The smallest absolute Gasteiger partial charge is 0.327 e. The van der Waals surface area contributed by atoms with Crippen molar-refractivity contribution in [3.63, 3.8) is 0 Å². The van der Waals surface area contributed by atoms with Gasteiger partial charge in [-0.1, -0.05) is 90.8 Å². The summed E-state index contributed by atoms with van der Waals surface area (Å²) in [6.45, 7) is 11.0. The minimum atomic E-state index is -1.42. The average Bonchev–Trinajstić information content (AvgIpc) is 3.85. The first-order valence-corrected chi connectivity index (χ1v) is 22.5. The van der Waals surface area contributed by atoms with Crippen molar-refractivity contribution in [2.75, 3.05) is 11.5 Å². The molecule has 334 valence electrons. The molecule has 3 heterocycles. The molecular weight excluding hydrogens is 813 g/mol. The van der Waals surface area contributed by atoms with E-state index >= 15 is 0 Å². The van der Waals surface area contributed by atoms with E-state index in [0.717, 1.165) is 33.6 Å². The van der Waals surface area contributed by atoms with E-state index in [2.05, 4.69) is 41.9 Å². The van der Waals surface area contributed by atoms with E-state index in [1.165, 1.54) is 0 Å². The molecule has 2 aromatic carbocycles. The summed E-state index contributed by atoms with van der Waals surface area (Å²) in [4.78, 5) is 104. The van der Waals surface area contributed by atoms with Crippen LogP contribution in [0.4, 0.5) is 0 Å². The van der Waals surface area contributed by atoms with Crippen molar-refractivity contribution in [1.82, 2.24) is 41.9 Å². The number of hydrogen-bond donors (Lipinski definition) is 9. The molecule has 0 unspecified atom stereocenters. The minimum absolute atomic E-state index is 0.00234. The molecule has 8 atom stereocenters. The SMILES string of the molecule is CC[C@H](C)[C@@H]1NC(=O)CSC[C@@H](C(=O)O)NC(=O)[C@H](CC(C)C)NC(=O)[C@@H](Cc2c[nH]c3ccccc23)NC(=O)[C@@H](Cc2c[nH]c3ccccc23)NC(=O)[C@@H]([C@@H](C)CC)NC1=O. The van der Waals surface area contributed by atoms with E-state index in [0.29, 0.717) is 24.0 Å². The Balaban J connectivity index is 1.59. The Morgan fingerprint density at radius 3 is 1.58 bits per heavy atom. The van der Waals surface area contributed by atoms with Crippen LogP contribution in [0.25, 0.3) is 21.8 Å². The number of nitrogens with one attached hydrogen (secondary N) is 8. The van der Waals surface area contributed by atoms with Gasteiger partial charge in [0.15, 0.2) is 0 Å². The number of rotatable bonds is 11. The molecule has 0 saturated carbocycles. The summed E-state index contributed by atoms with van der Waals surface area (Å²) in [5, 5.41) is 28.5. The monoisotopic (exact) mass is 872 g/mol. The predicted octanol–water partition coefficient (Wildman–Crippen LogP) is 3.31. The van der Waals surface area contributed by atoms with Crippen LogP contribution in [0.2, 0.25) is 0 Å². The second-order valence-corrected chi connectivity index (χ2v) is 17.7. The Bertz CT molecular complexity index is 2240. The van der Waals surface area contributed by atoms with Gasteiger partial charge in [0.2, 0.25) is 35.4 Å². The van der Waals surface area contributed by atoms with E-state index < -0.39 is 83.6 Å². The van der Waals surface area contributed by atoms with E-state index in [9.17, 15) is 38.7 Å². The van der Waals surface area contributed by atoms with Gasteiger partial charge in [-0.05, 0) is 47.4 Å². The standard InChI is InChI=1S/C45H60N8O8S/c1-7-25(5)38-44(59)53-39(26(6)8-2)43(58)50-35(19-28-21-47-32-16-12-10-14-30(28)32)42(57)49-34(18-27-20-46-31-15-11-9-13-29(27)31)41(56)48-33(17-24(3)4)40(55)51-36(45(60)61)22-62-23-37(54)52-38/h9-16,20-21,24-26,33-36,38-39,46-47H,7-8,17-19,22-23H2,1-6H3,(H,48,56)(H,49,57)(H,50,58)(H,51,55)(H,52,54)(H,53,59)(H,60,61)/t25-,26-,33-,34+,35+,36-,38-,39+/m0/s1. The molecule has 2 aromatic heterocycles. The Morgan fingerprint density at radius 1 is 0.629 bits per heavy atom. The zero-order valence-electron chi connectivity index (χ0n) is 36.1. The molecule has 9 N–H and O–H groups in total. The van der Waals surface area contributed by atoms with E-state index in [4.69, 9.17) is 0 Å². The van der Waals surface area contributed by atoms with Crippen molar-refractivity contribution >= 4 is 75.0 Å². The van der Waals surface area contributed by atoms with Crippen molar-refractivity contribution in [2.45, 2.75) is 110 Å². The molecule has 4 aromatic rings. The lowest BCUT2D eigenvalue weighted by Crippen LogP contribution is -2.61. The fraction of sp³-hybridized carbons (Fsp3) is 0.489. The number of aliphatic carboxylic acids is 1. The Kier molecular flexibility index (Phi) is 16.6. The Labute approximate surface area is 365 Å². The summed E-state index contributed by atoms with van der Waals surface area (Å²) in [6.07, 6.45) is 4.62. The quantitative estimate of drug-likeness (QED) is 0.107. The van der Waals surface area contributed by atoms with Crippen molar-refractivity contribution in [1.29, 1.82) is 0 Å². The van der Waals surface area contributed by atoms with Crippen LogP contribution in [0.3, 0.4) is 0 Å². The number of fused-ring (bicyclic) bond motifs is 2. The third-order valence-corrected chi connectivity index (χ3v) is 12.6. The van der Waals surface area contributed by atoms with Crippen molar-refractivity contribution in [3.05, 3.63) is 72.1 Å². The van der Waals surface area contributed by atoms with Gasteiger partial charge in [-0.2, -0.15) is 0 Å². The van der Waals surface area contributed by atoms with Gasteiger partial charge in [-0.3, -0.25) is 28.8 Å². The highest BCUT2D eigenvalue weighted by Crippen LogP contribution is 2.22. The van der Waals surface area contributed by atoms with Gasteiger partial charge in [-0.15, -0.1) is 11.8 Å². The summed E-state index contributed by atoms with van der Waals surface area (Å²) in [6, 6.07) is 7.68. The number of para-hydroxylation sites is 2. The Hall–Kier alpha value is -5.84. The first kappa shape index (κ1) is 47.2. The molecule has 1 fully saturated rings. The fourth-order valence-corrected chi connectivity index (χ4v) is 8.40. The highest BCUT2D eigenvalue weighted by molar-refractivity contribution is 8.00. The summed E-state index contributed by atoms with van der Waals surface area (Å²) >= 11 is 0.962. The van der Waals surface area contributed by atoms with Gasteiger partial charge in [-0.25, -0.2) is 4.79 Å². The summed E-state index contributed by atoms with van der Waals surface area (Å²) in [7, 11) is 0. The van der Waals surface area contributed by atoms with Crippen LogP contribution in [0.1, 0.15) is 71.9 Å². The molecule has 6 amide bonds. The largest absolute Gasteiger partial charge is 0.480 e. The number of hydrogen-bond acceptors (Lipinski definition) is 8. The maximum absolute atomic E-state index is 14.7.